The van der Waals surface area contributed by atoms with E-state index in [-0.39, 0.29) is 10.9 Å². The fourth-order valence-corrected chi connectivity index (χ4v) is 3.40. The minimum atomic E-state index is -1.02. The molecule has 1 fully saturated rings. The van der Waals surface area contributed by atoms with Crippen molar-refractivity contribution in [2.45, 2.75) is 10.6 Å². The quantitative estimate of drug-likeness (QED) is 0.795. The minimum absolute atomic E-state index is 0.166. The van der Waals surface area contributed by atoms with Crippen molar-refractivity contribution in [3.05, 3.63) is 47.7 Å². The first-order chi connectivity index (χ1) is 10.6. The molecule has 0 aliphatic carbocycles. The van der Waals surface area contributed by atoms with Crippen LogP contribution in [-0.4, -0.2) is 33.9 Å². The average molecular weight is 319 g/mol. The maximum Gasteiger partial charge on any atom is 0.336 e. The van der Waals surface area contributed by atoms with Crippen LogP contribution in [0.2, 0.25) is 0 Å². The predicted octanol–water partition coefficient (Wildman–Crippen LogP) is 2.43. The van der Waals surface area contributed by atoms with Gasteiger partial charge in [0.2, 0.25) is 0 Å². The molecule has 2 heterocycles. The van der Waals surface area contributed by atoms with Crippen molar-refractivity contribution in [3.63, 3.8) is 0 Å². The molecule has 6 nitrogen and oxygen atoms in total. The Morgan fingerprint density at radius 2 is 1.95 bits per heavy atom. The number of hydrogen-bond acceptors (Lipinski definition) is 5. The van der Waals surface area contributed by atoms with E-state index in [4.69, 9.17) is 9.52 Å². The van der Waals surface area contributed by atoms with E-state index in [2.05, 4.69) is 5.32 Å². The summed E-state index contributed by atoms with van der Waals surface area (Å²) < 4.78 is 5.73. The van der Waals surface area contributed by atoms with Gasteiger partial charge in [0.15, 0.2) is 0 Å². The molecule has 0 amide bonds. The Morgan fingerprint density at radius 1 is 1.18 bits per heavy atom. The molecule has 1 aromatic carbocycles. The summed E-state index contributed by atoms with van der Waals surface area (Å²) in [5.41, 5.74) is 0.665. The molecule has 1 saturated heterocycles. The number of thioether (sulfide) groups is 1. The summed E-state index contributed by atoms with van der Waals surface area (Å²) in [6.07, 6.45) is 0. The molecule has 0 saturated carbocycles. The van der Waals surface area contributed by atoms with E-state index >= 15 is 0 Å². The van der Waals surface area contributed by atoms with Crippen LogP contribution in [0.4, 0.5) is 0 Å². The number of aliphatic carboxylic acids is 1. The summed E-state index contributed by atoms with van der Waals surface area (Å²) >= 11 is 1.27. The van der Waals surface area contributed by atoms with Gasteiger partial charge >= 0.3 is 11.9 Å². The van der Waals surface area contributed by atoms with Gasteiger partial charge in [0.25, 0.3) is 0 Å². The highest BCUT2D eigenvalue weighted by molar-refractivity contribution is 8.01. The highest BCUT2D eigenvalue weighted by Gasteiger charge is 2.32. The molecule has 3 N–H and O–H groups in total. The lowest BCUT2D eigenvalue weighted by Crippen LogP contribution is -2.21. The van der Waals surface area contributed by atoms with Gasteiger partial charge in [-0.3, -0.25) is 10.1 Å². The van der Waals surface area contributed by atoms with Crippen LogP contribution in [0.15, 0.2) is 40.8 Å². The monoisotopic (exact) mass is 319 g/mol. The number of nitrogens with one attached hydrogen (secondary N) is 1. The second-order valence-corrected chi connectivity index (χ2v) is 6.12. The van der Waals surface area contributed by atoms with Gasteiger partial charge in [0, 0.05) is 12.1 Å². The second kappa shape index (κ2) is 5.86. The molecule has 0 bridgehead atoms. The number of aromatic carboxylic acids is 1. The lowest BCUT2D eigenvalue weighted by molar-refractivity contribution is -0.136. The summed E-state index contributed by atoms with van der Waals surface area (Å²) in [6.45, 7) is 0.367. The molecule has 1 aliphatic heterocycles. The predicted molar refractivity (Wildman–Crippen MR) is 80.9 cm³/mol. The molecule has 3 rings (SSSR count). The Balaban J connectivity index is 1.86. The Morgan fingerprint density at radius 3 is 2.64 bits per heavy atom. The van der Waals surface area contributed by atoms with Crippen LogP contribution < -0.4 is 5.32 Å². The van der Waals surface area contributed by atoms with Crippen molar-refractivity contribution in [3.8, 4) is 11.3 Å². The first-order valence-electron chi connectivity index (χ1n) is 6.60. The third-order valence-electron chi connectivity index (χ3n) is 3.37. The summed E-state index contributed by atoms with van der Waals surface area (Å²) in [5.74, 6) is -0.839. The smallest absolute Gasteiger partial charge is 0.336 e. The molecular formula is C15H13NO5S. The van der Waals surface area contributed by atoms with Gasteiger partial charge in [-0.15, -0.1) is 11.8 Å². The van der Waals surface area contributed by atoms with Gasteiger partial charge in [-0.1, -0.05) is 18.2 Å². The molecule has 2 atom stereocenters. The van der Waals surface area contributed by atoms with Crippen LogP contribution in [0.5, 0.6) is 0 Å². The molecule has 7 heteroatoms. The van der Waals surface area contributed by atoms with Gasteiger partial charge in [-0.25, -0.2) is 4.79 Å². The highest BCUT2D eigenvalue weighted by Crippen LogP contribution is 2.37. The molecular weight excluding hydrogens is 306 g/mol. The maximum absolute atomic E-state index is 11.3. The SMILES string of the molecule is O=C(O)c1ccccc1-c1ccc([C@H]2NC[C@H](C(=O)O)S2)o1. The van der Waals surface area contributed by atoms with E-state index in [1.165, 1.54) is 17.8 Å². The van der Waals surface area contributed by atoms with Gasteiger partial charge in [-0.05, 0) is 18.2 Å². The van der Waals surface area contributed by atoms with E-state index in [1.54, 1.807) is 30.3 Å². The van der Waals surface area contributed by atoms with Crippen molar-refractivity contribution in [1.29, 1.82) is 0 Å². The van der Waals surface area contributed by atoms with E-state index < -0.39 is 17.2 Å². The molecule has 0 unspecified atom stereocenters. The van der Waals surface area contributed by atoms with Crippen molar-refractivity contribution >= 4 is 23.7 Å². The molecule has 1 aromatic heterocycles. The number of furan rings is 1. The summed E-state index contributed by atoms with van der Waals surface area (Å²) in [7, 11) is 0. The zero-order valence-electron chi connectivity index (χ0n) is 11.4. The van der Waals surface area contributed by atoms with Crippen molar-refractivity contribution in [2.75, 3.05) is 6.54 Å². The largest absolute Gasteiger partial charge is 0.480 e. The number of benzene rings is 1. The van der Waals surface area contributed by atoms with Gasteiger partial charge in [0.05, 0.1) is 5.56 Å². The Hall–Kier alpha value is -2.25. The number of carboxylic acid groups (broad SMARTS) is 2. The normalized spacial score (nSPS) is 20.9. The molecule has 22 heavy (non-hydrogen) atoms. The number of rotatable bonds is 4. The highest BCUT2D eigenvalue weighted by atomic mass is 32.2. The number of hydrogen-bond donors (Lipinski definition) is 3. The van der Waals surface area contributed by atoms with Crippen LogP contribution in [0.25, 0.3) is 11.3 Å². The average Bonchev–Trinajstić information content (AvgIpc) is 3.16. The lowest BCUT2D eigenvalue weighted by atomic mass is 10.1. The molecule has 114 valence electrons. The van der Waals surface area contributed by atoms with E-state index in [1.807, 2.05) is 0 Å². The fourth-order valence-electron chi connectivity index (χ4n) is 2.31. The van der Waals surface area contributed by atoms with Crippen LogP contribution in [0.1, 0.15) is 21.5 Å². The van der Waals surface area contributed by atoms with Crippen LogP contribution in [-0.2, 0) is 4.79 Å². The van der Waals surface area contributed by atoms with Gasteiger partial charge in [0.1, 0.15) is 22.1 Å². The van der Waals surface area contributed by atoms with Crippen LogP contribution in [0, 0.1) is 0 Å². The van der Waals surface area contributed by atoms with Crippen LogP contribution >= 0.6 is 11.8 Å². The fraction of sp³-hybridized carbons (Fsp3) is 0.200. The van der Waals surface area contributed by atoms with E-state index in [0.717, 1.165) is 0 Å². The third kappa shape index (κ3) is 2.72. The number of carboxylic acids is 2. The third-order valence-corrected chi connectivity index (χ3v) is 4.74. The minimum Gasteiger partial charge on any atom is -0.480 e. The molecule has 2 aromatic rings. The maximum atomic E-state index is 11.3. The zero-order valence-corrected chi connectivity index (χ0v) is 12.2. The Kier molecular flexibility index (Phi) is 3.91. The standard InChI is InChI=1S/C15H13NO5S/c17-14(18)9-4-2-1-3-8(9)10-5-6-11(21-10)13-16-7-12(22-13)15(19)20/h1-6,12-13,16H,7H2,(H,17,18)(H,19,20)/t12-,13+/m1/s1. The first-order valence-corrected chi connectivity index (χ1v) is 7.54. The zero-order chi connectivity index (χ0) is 15.7. The molecule has 0 radical (unpaired) electrons. The first kappa shape index (κ1) is 14.7. The van der Waals surface area contributed by atoms with E-state index in [9.17, 15) is 14.7 Å². The van der Waals surface area contributed by atoms with Crippen LogP contribution in [0.3, 0.4) is 0 Å². The topological polar surface area (TPSA) is 99.8 Å². The Labute approximate surface area is 130 Å². The van der Waals surface area contributed by atoms with Crippen molar-refractivity contribution in [1.82, 2.24) is 5.32 Å². The van der Waals surface area contributed by atoms with Gasteiger partial charge < -0.3 is 14.6 Å². The Bertz CT molecular complexity index is 726. The molecule has 1 aliphatic rings. The summed E-state index contributed by atoms with van der Waals surface area (Å²) in [4.78, 5) is 22.2. The van der Waals surface area contributed by atoms with Crippen molar-refractivity contribution < 1.29 is 24.2 Å². The van der Waals surface area contributed by atoms with Gasteiger partial charge in [-0.2, -0.15) is 0 Å². The molecule has 0 spiro atoms. The summed E-state index contributed by atoms with van der Waals surface area (Å²) in [5, 5.41) is 20.5. The van der Waals surface area contributed by atoms with Crippen molar-refractivity contribution in [2.24, 2.45) is 0 Å². The summed E-state index contributed by atoms with van der Waals surface area (Å²) in [6, 6.07) is 10.0. The number of carbonyl (C=O) groups is 2. The van der Waals surface area contributed by atoms with E-state index in [0.29, 0.717) is 23.6 Å². The lowest BCUT2D eigenvalue weighted by Gasteiger charge is -2.06. The second-order valence-electron chi connectivity index (χ2n) is 4.80.